The minimum atomic E-state index is -0.678. The fourth-order valence-electron chi connectivity index (χ4n) is 4.47. The number of benzene rings is 1. The zero-order valence-corrected chi connectivity index (χ0v) is 21.2. The van der Waals surface area contributed by atoms with Crippen LogP contribution < -0.4 is 0 Å². The van der Waals surface area contributed by atoms with Crippen LogP contribution in [0.3, 0.4) is 0 Å². The first-order valence-corrected chi connectivity index (χ1v) is 13.1. The van der Waals surface area contributed by atoms with Gasteiger partial charge in [-0.2, -0.15) is 0 Å². The predicted octanol–water partition coefficient (Wildman–Crippen LogP) is 4.60. The lowest BCUT2D eigenvalue weighted by Crippen LogP contribution is -2.60. The van der Waals surface area contributed by atoms with Gasteiger partial charge in [0.25, 0.3) is 5.91 Å². The second-order valence-electron chi connectivity index (χ2n) is 8.60. The molecule has 3 aliphatic heterocycles. The van der Waals surface area contributed by atoms with E-state index in [1.807, 2.05) is 37.3 Å². The average Bonchev–Trinajstić information content (AvgIpc) is 2.85. The molecular formula is C24H26ClN5O5S. The Balaban J connectivity index is 1.42. The monoisotopic (exact) mass is 531 g/mol. The van der Waals surface area contributed by atoms with Crippen LogP contribution in [0.2, 0.25) is 5.02 Å². The molecule has 0 bridgehead atoms. The predicted molar refractivity (Wildman–Crippen MR) is 133 cm³/mol. The number of amides is 1. The second kappa shape index (κ2) is 11.4. The Morgan fingerprint density at radius 1 is 1.33 bits per heavy atom. The van der Waals surface area contributed by atoms with Crippen molar-refractivity contribution in [2.75, 3.05) is 26.3 Å². The van der Waals surface area contributed by atoms with Gasteiger partial charge in [0.05, 0.1) is 17.7 Å². The van der Waals surface area contributed by atoms with Gasteiger partial charge in [-0.1, -0.05) is 58.8 Å². The van der Waals surface area contributed by atoms with E-state index in [1.165, 1.54) is 18.0 Å². The van der Waals surface area contributed by atoms with E-state index in [-0.39, 0.29) is 12.5 Å². The Hall–Kier alpha value is -2.37. The minimum Gasteiger partial charge on any atom is -0.374 e. The molecule has 36 heavy (non-hydrogen) atoms. The molecule has 4 heterocycles. The summed E-state index contributed by atoms with van der Waals surface area (Å²) in [4.78, 5) is 22.7. The maximum absolute atomic E-state index is 13.0. The molecule has 1 aromatic heterocycles. The summed E-state index contributed by atoms with van der Waals surface area (Å²) in [6, 6.07) is 10.6. The van der Waals surface area contributed by atoms with Crippen molar-refractivity contribution in [1.29, 1.82) is 0 Å². The average molecular weight is 532 g/mol. The molecule has 12 heteroatoms. The summed E-state index contributed by atoms with van der Waals surface area (Å²) in [5.74, 6) is -0.149. The number of hydrogen-bond donors (Lipinski definition) is 0. The summed E-state index contributed by atoms with van der Waals surface area (Å²) in [7, 11) is 0. The van der Waals surface area contributed by atoms with Crippen molar-refractivity contribution in [3.63, 3.8) is 0 Å². The van der Waals surface area contributed by atoms with Crippen LogP contribution in [0.5, 0.6) is 0 Å². The van der Waals surface area contributed by atoms with Gasteiger partial charge in [0.2, 0.25) is 0 Å². The van der Waals surface area contributed by atoms with Crippen molar-refractivity contribution in [3.05, 3.63) is 69.3 Å². The summed E-state index contributed by atoms with van der Waals surface area (Å²) in [5.41, 5.74) is 9.94. The fourth-order valence-corrected chi connectivity index (χ4v) is 5.96. The number of nitrogens with zero attached hydrogens (tertiary/aromatic N) is 5. The maximum atomic E-state index is 13.0. The van der Waals surface area contributed by atoms with Gasteiger partial charge in [-0.05, 0) is 24.9 Å². The number of ether oxygens (including phenoxy) is 4. The molecule has 0 aliphatic carbocycles. The van der Waals surface area contributed by atoms with E-state index in [4.69, 9.17) is 30.5 Å². The summed E-state index contributed by atoms with van der Waals surface area (Å²) in [6.45, 7) is 3.87. The first-order valence-electron chi connectivity index (χ1n) is 11.8. The molecule has 3 aliphatic rings. The van der Waals surface area contributed by atoms with Crippen LogP contribution >= 0.6 is 23.4 Å². The molecule has 2 aromatic rings. The maximum Gasteiger partial charge on any atom is 0.273 e. The lowest BCUT2D eigenvalue weighted by molar-refractivity contribution is -0.300. The van der Waals surface area contributed by atoms with E-state index in [1.54, 1.807) is 11.0 Å². The molecule has 0 spiro atoms. The van der Waals surface area contributed by atoms with E-state index < -0.39 is 36.1 Å². The molecule has 1 aromatic carbocycles. The van der Waals surface area contributed by atoms with Crippen LogP contribution in [0.25, 0.3) is 10.4 Å². The molecule has 3 fully saturated rings. The highest BCUT2D eigenvalue weighted by molar-refractivity contribution is 8.00. The standard InChI is InChI=1S/C24H26ClN5O5S/c1-2-32-21-19(28-29-26)20-16(13-33-23(35-20)14-7-4-3-5-8-14)34-24(21)36-17-11-15(25)12-27-18(17)22(31)30-9-6-10-30/h3-5,7-8,11-12,16,19-21,23-24H,2,6,9-10,13H2,1H3/t16?,19?,20-,21-,23?,24+/m0/s1. The zero-order valence-electron chi connectivity index (χ0n) is 19.6. The lowest BCUT2D eigenvalue weighted by Gasteiger charge is -2.48. The number of hydrogen-bond acceptors (Lipinski definition) is 8. The topological polar surface area (TPSA) is 119 Å². The number of carbonyl (C=O) groups excluding carboxylic acids is 1. The zero-order chi connectivity index (χ0) is 25.1. The number of halogens is 1. The number of azide groups is 1. The van der Waals surface area contributed by atoms with Crippen molar-refractivity contribution in [3.8, 4) is 0 Å². The van der Waals surface area contributed by atoms with E-state index in [0.29, 0.717) is 35.3 Å². The van der Waals surface area contributed by atoms with Crippen molar-refractivity contribution in [2.45, 2.75) is 54.3 Å². The van der Waals surface area contributed by atoms with Crippen molar-refractivity contribution in [1.82, 2.24) is 9.88 Å². The van der Waals surface area contributed by atoms with Crippen LogP contribution in [0.15, 0.2) is 52.6 Å². The van der Waals surface area contributed by atoms with Crippen molar-refractivity contribution >= 4 is 29.3 Å². The molecule has 0 radical (unpaired) electrons. The number of fused-ring (bicyclic) bond motifs is 1. The minimum absolute atomic E-state index is 0.149. The van der Waals surface area contributed by atoms with E-state index >= 15 is 0 Å². The molecular weight excluding hydrogens is 506 g/mol. The third-order valence-electron chi connectivity index (χ3n) is 6.33. The summed E-state index contributed by atoms with van der Waals surface area (Å²) in [5, 5.41) is 4.48. The molecule has 0 saturated carbocycles. The van der Waals surface area contributed by atoms with Gasteiger partial charge >= 0.3 is 0 Å². The van der Waals surface area contributed by atoms with Crippen molar-refractivity contribution < 1.29 is 23.7 Å². The van der Waals surface area contributed by atoms with Crippen LogP contribution in [0, 0.1) is 0 Å². The van der Waals surface area contributed by atoms with Gasteiger partial charge in [-0.3, -0.25) is 4.79 Å². The van der Waals surface area contributed by atoms with E-state index in [2.05, 4.69) is 15.0 Å². The third kappa shape index (κ3) is 5.19. The molecule has 0 N–H and O–H groups in total. The number of aromatic nitrogens is 1. The van der Waals surface area contributed by atoms with Gasteiger partial charge in [0.1, 0.15) is 29.4 Å². The lowest BCUT2D eigenvalue weighted by atomic mass is 9.96. The van der Waals surface area contributed by atoms with Crippen LogP contribution in [0.4, 0.5) is 0 Å². The van der Waals surface area contributed by atoms with Gasteiger partial charge in [0.15, 0.2) is 6.29 Å². The van der Waals surface area contributed by atoms with Gasteiger partial charge in [-0.25, -0.2) is 4.98 Å². The molecule has 6 atom stereocenters. The van der Waals surface area contributed by atoms with E-state index in [9.17, 15) is 10.3 Å². The smallest absolute Gasteiger partial charge is 0.273 e. The van der Waals surface area contributed by atoms with Crippen LogP contribution in [-0.4, -0.2) is 71.9 Å². The quantitative estimate of drug-likeness (QED) is 0.291. The highest BCUT2D eigenvalue weighted by Gasteiger charge is 2.50. The van der Waals surface area contributed by atoms with Crippen molar-refractivity contribution in [2.24, 2.45) is 5.11 Å². The Morgan fingerprint density at radius 3 is 2.83 bits per heavy atom. The highest BCUT2D eigenvalue weighted by atomic mass is 35.5. The normalized spacial score (nSPS) is 29.6. The largest absolute Gasteiger partial charge is 0.374 e. The van der Waals surface area contributed by atoms with E-state index in [0.717, 1.165) is 12.0 Å². The van der Waals surface area contributed by atoms with Gasteiger partial charge < -0.3 is 23.8 Å². The number of rotatable bonds is 7. The molecule has 5 rings (SSSR count). The summed E-state index contributed by atoms with van der Waals surface area (Å²) < 4.78 is 24.7. The molecule has 1 amide bonds. The van der Waals surface area contributed by atoms with Gasteiger partial charge in [-0.15, -0.1) is 0 Å². The molecule has 190 valence electrons. The first-order chi connectivity index (χ1) is 17.6. The Labute approximate surface area is 217 Å². The SMILES string of the molecule is CCO[C@H]1C(N=[N+]=[N-])[C@H]2OC(c3ccccc3)OCC2O[C@@H]1Sc1cc(Cl)cnc1C(=O)N1CCC1. The molecule has 10 nitrogen and oxygen atoms in total. The second-order valence-corrected chi connectivity index (χ2v) is 10.2. The highest BCUT2D eigenvalue weighted by Crippen LogP contribution is 2.42. The molecule has 3 unspecified atom stereocenters. The summed E-state index contributed by atoms with van der Waals surface area (Å²) in [6.07, 6.45) is 0.103. The number of likely N-dealkylation sites (tertiary alicyclic amines) is 1. The van der Waals surface area contributed by atoms with Crippen LogP contribution in [0.1, 0.15) is 35.7 Å². The number of thioether (sulfide) groups is 1. The first kappa shape index (κ1) is 25.3. The Bertz CT molecular complexity index is 1130. The Kier molecular flexibility index (Phi) is 7.97. The fraction of sp³-hybridized carbons (Fsp3) is 0.500. The third-order valence-corrected chi connectivity index (χ3v) is 7.72. The Morgan fingerprint density at radius 2 is 2.14 bits per heavy atom. The number of pyridine rings is 1. The summed E-state index contributed by atoms with van der Waals surface area (Å²) >= 11 is 7.53. The number of carbonyl (C=O) groups is 1. The van der Waals surface area contributed by atoms with Crippen LogP contribution in [-0.2, 0) is 18.9 Å². The van der Waals surface area contributed by atoms with Gasteiger partial charge in [0, 0.05) is 41.3 Å². The molecule has 3 saturated heterocycles.